The first kappa shape index (κ1) is 31.6. The van der Waals surface area contributed by atoms with E-state index in [-0.39, 0.29) is 31.1 Å². The van der Waals surface area contributed by atoms with Crippen LogP contribution in [0.25, 0.3) is 0 Å². The Morgan fingerprint density at radius 3 is 2.19 bits per heavy atom. The molecule has 1 amide bonds. The number of amides is 1. The molecule has 10 nitrogen and oxygen atoms in total. The van der Waals surface area contributed by atoms with E-state index in [2.05, 4.69) is 10.2 Å². The Morgan fingerprint density at radius 2 is 1.51 bits per heavy atom. The molecule has 3 aliphatic heterocycles. The quantitative estimate of drug-likeness (QED) is 0.292. The number of ether oxygens (including phenoxy) is 4. The Labute approximate surface area is 253 Å². The highest BCUT2D eigenvalue weighted by Gasteiger charge is 2.41. The third-order valence-electron chi connectivity index (χ3n) is 8.54. The van der Waals surface area contributed by atoms with Crippen molar-refractivity contribution in [2.24, 2.45) is 0 Å². The number of benzene rings is 2. The Bertz CT molecular complexity index is 1170. The molecule has 3 unspecified atom stereocenters. The van der Waals surface area contributed by atoms with Gasteiger partial charge < -0.3 is 39.4 Å². The van der Waals surface area contributed by atoms with E-state index in [9.17, 15) is 14.7 Å². The third kappa shape index (κ3) is 9.07. The minimum atomic E-state index is -0.801. The first-order valence-electron chi connectivity index (χ1n) is 15.5. The minimum absolute atomic E-state index is 0.00361. The summed E-state index contributed by atoms with van der Waals surface area (Å²) in [5.74, 6) is -1.24. The first-order valence-corrected chi connectivity index (χ1v) is 15.5. The summed E-state index contributed by atoms with van der Waals surface area (Å²) in [5, 5.41) is 21.1. The van der Waals surface area contributed by atoms with Crippen molar-refractivity contribution in [2.45, 2.75) is 88.8 Å². The van der Waals surface area contributed by atoms with Crippen LogP contribution in [0.2, 0.25) is 0 Å². The van der Waals surface area contributed by atoms with Gasteiger partial charge in [-0.2, -0.15) is 0 Å². The number of unbranched alkanes of at least 4 members (excludes halogenated alkanes) is 2. The number of carbonyl (C=O) groups is 2. The number of aliphatic hydroxyl groups is 1. The number of carbonyl (C=O) groups excluding carboxylic acids is 1. The lowest BCUT2D eigenvalue weighted by Crippen LogP contribution is -2.48. The Morgan fingerprint density at radius 1 is 0.860 bits per heavy atom. The standard InChI is InChI=1S/C33H44N2O8/c36-23-25-8-10-26(11-9-25)29-20-28(22-35-16-14-33(15-17-35)40-18-19-41-33)42-32(43-29)27-12-6-24(7-13-27)21-34-30(37)4-2-1-3-5-31(38)39/h6-13,28-29,32,36H,1-5,14-23H2,(H,34,37)(H,38,39). The molecule has 5 rings (SSSR count). The van der Waals surface area contributed by atoms with Crippen LogP contribution in [-0.4, -0.2) is 71.7 Å². The fourth-order valence-corrected chi connectivity index (χ4v) is 6.00. The van der Waals surface area contributed by atoms with Crippen LogP contribution >= 0.6 is 0 Å². The second-order valence-corrected chi connectivity index (χ2v) is 11.7. The van der Waals surface area contributed by atoms with Crippen LogP contribution in [0.15, 0.2) is 48.5 Å². The largest absolute Gasteiger partial charge is 0.481 e. The Balaban J connectivity index is 1.17. The van der Waals surface area contributed by atoms with Gasteiger partial charge in [-0.15, -0.1) is 0 Å². The van der Waals surface area contributed by atoms with E-state index in [1.807, 2.05) is 48.5 Å². The van der Waals surface area contributed by atoms with Crippen molar-refractivity contribution in [2.75, 3.05) is 32.8 Å². The van der Waals surface area contributed by atoms with Crippen LogP contribution in [0.5, 0.6) is 0 Å². The summed E-state index contributed by atoms with van der Waals surface area (Å²) < 4.78 is 24.8. The summed E-state index contributed by atoms with van der Waals surface area (Å²) in [5.41, 5.74) is 3.82. The van der Waals surface area contributed by atoms with Crippen molar-refractivity contribution in [1.82, 2.24) is 10.2 Å². The van der Waals surface area contributed by atoms with Crippen molar-refractivity contribution in [1.29, 1.82) is 0 Å². The molecular weight excluding hydrogens is 552 g/mol. The Kier molecular flexibility index (Phi) is 11.2. The van der Waals surface area contributed by atoms with Crippen molar-refractivity contribution in [3.63, 3.8) is 0 Å². The zero-order valence-electron chi connectivity index (χ0n) is 24.7. The number of aliphatic carboxylic acids is 1. The number of hydrogen-bond donors (Lipinski definition) is 3. The van der Waals surface area contributed by atoms with Crippen LogP contribution < -0.4 is 5.32 Å². The van der Waals surface area contributed by atoms with Gasteiger partial charge in [-0.1, -0.05) is 55.0 Å². The highest BCUT2D eigenvalue weighted by molar-refractivity contribution is 5.75. The summed E-state index contributed by atoms with van der Waals surface area (Å²) in [6, 6.07) is 15.9. The number of nitrogens with one attached hydrogen (secondary N) is 1. The van der Waals surface area contributed by atoms with Crippen LogP contribution in [0.4, 0.5) is 0 Å². The van der Waals surface area contributed by atoms with Gasteiger partial charge in [-0.3, -0.25) is 9.59 Å². The zero-order valence-corrected chi connectivity index (χ0v) is 24.7. The molecule has 3 saturated heterocycles. The van der Waals surface area contributed by atoms with Gasteiger partial charge in [0.15, 0.2) is 12.1 Å². The molecule has 3 aliphatic rings. The van der Waals surface area contributed by atoms with Gasteiger partial charge in [-0.25, -0.2) is 0 Å². The van der Waals surface area contributed by atoms with Gasteiger partial charge in [0.2, 0.25) is 5.91 Å². The summed E-state index contributed by atoms with van der Waals surface area (Å²) in [6.45, 7) is 4.35. The molecule has 2 aromatic rings. The van der Waals surface area contributed by atoms with E-state index >= 15 is 0 Å². The smallest absolute Gasteiger partial charge is 0.303 e. The molecule has 3 heterocycles. The predicted molar refractivity (Wildman–Crippen MR) is 158 cm³/mol. The second-order valence-electron chi connectivity index (χ2n) is 11.7. The molecule has 2 aromatic carbocycles. The van der Waals surface area contributed by atoms with E-state index in [1.54, 1.807) is 0 Å². The van der Waals surface area contributed by atoms with Crippen LogP contribution in [0.1, 0.15) is 86.0 Å². The average Bonchev–Trinajstić information content (AvgIpc) is 3.49. The molecule has 0 saturated carbocycles. The van der Waals surface area contributed by atoms with Crippen molar-refractivity contribution >= 4 is 11.9 Å². The van der Waals surface area contributed by atoms with Gasteiger partial charge in [0.05, 0.1) is 32.0 Å². The average molecular weight is 597 g/mol. The molecule has 10 heteroatoms. The lowest BCUT2D eigenvalue weighted by molar-refractivity contribution is -0.255. The maximum absolute atomic E-state index is 12.2. The predicted octanol–water partition coefficient (Wildman–Crippen LogP) is 4.21. The van der Waals surface area contributed by atoms with E-state index in [0.29, 0.717) is 39.0 Å². The molecule has 0 aromatic heterocycles. The molecule has 3 atom stereocenters. The fraction of sp³-hybridized carbons (Fsp3) is 0.576. The highest BCUT2D eigenvalue weighted by Crippen LogP contribution is 2.39. The summed E-state index contributed by atoms with van der Waals surface area (Å²) in [6.07, 6.45) is 4.25. The lowest BCUT2D eigenvalue weighted by Gasteiger charge is -2.41. The topological polar surface area (TPSA) is 127 Å². The van der Waals surface area contributed by atoms with Crippen molar-refractivity contribution < 1.29 is 38.7 Å². The second kappa shape index (κ2) is 15.2. The number of aliphatic hydroxyl groups excluding tert-OH is 1. The van der Waals surface area contributed by atoms with E-state index in [1.165, 1.54) is 0 Å². The van der Waals surface area contributed by atoms with Crippen LogP contribution in [0, 0.1) is 0 Å². The number of hydrogen-bond acceptors (Lipinski definition) is 8. The van der Waals surface area contributed by atoms with Crippen LogP contribution in [-0.2, 0) is 41.7 Å². The summed E-state index contributed by atoms with van der Waals surface area (Å²) >= 11 is 0. The van der Waals surface area contributed by atoms with Crippen molar-refractivity contribution in [3.8, 4) is 0 Å². The molecule has 43 heavy (non-hydrogen) atoms. The number of likely N-dealkylation sites (tertiary alicyclic amines) is 1. The molecule has 0 aliphatic carbocycles. The van der Waals surface area contributed by atoms with Gasteiger partial charge in [0, 0.05) is 63.8 Å². The maximum atomic E-state index is 12.2. The number of piperidine rings is 1. The molecule has 234 valence electrons. The van der Waals surface area contributed by atoms with Crippen molar-refractivity contribution in [3.05, 3.63) is 70.8 Å². The van der Waals surface area contributed by atoms with Gasteiger partial charge in [0.25, 0.3) is 0 Å². The van der Waals surface area contributed by atoms with Gasteiger partial charge in [-0.05, 0) is 29.5 Å². The number of nitrogens with zero attached hydrogens (tertiary/aromatic N) is 1. The summed E-state index contributed by atoms with van der Waals surface area (Å²) in [7, 11) is 0. The van der Waals surface area contributed by atoms with Gasteiger partial charge in [0.1, 0.15) is 0 Å². The molecule has 3 N–H and O–H groups in total. The van der Waals surface area contributed by atoms with Gasteiger partial charge >= 0.3 is 5.97 Å². The SMILES string of the molecule is O=C(O)CCCCCC(=O)NCc1ccc(C2OC(CN3CCC4(CC3)OCCO4)CC(c3ccc(CO)cc3)O2)cc1. The summed E-state index contributed by atoms with van der Waals surface area (Å²) in [4.78, 5) is 25.2. The fourth-order valence-electron chi connectivity index (χ4n) is 6.00. The van der Waals surface area contributed by atoms with Crippen LogP contribution in [0.3, 0.4) is 0 Å². The minimum Gasteiger partial charge on any atom is -0.481 e. The first-order chi connectivity index (χ1) is 20.9. The molecular formula is C33H44N2O8. The maximum Gasteiger partial charge on any atom is 0.303 e. The number of carboxylic acid groups (broad SMARTS) is 1. The van der Waals surface area contributed by atoms with E-state index < -0.39 is 18.0 Å². The number of rotatable bonds is 13. The number of carboxylic acids is 1. The molecule has 0 radical (unpaired) electrons. The lowest BCUT2D eigenvalue weighted by atomic mass is 9.98. The normalized spacial score (nSPS) is 23.8. The molecule has 3 fully saturated rings. The monoisotopic (exact) mass is 596 g/mol. The Hall–Kier alpha value is -2.86. The highest BCUT2D eigenvalue weighted by atomic mass is 16.7. The van der Waals surface area contributed by atoms with E-state index in [0.717, 1.165) is 67.6 Å². The molecule has 1 spiro atoms. The molecule has 0 bridgehead atoms. The zero-order chi connectivity index (χ0) is 30.1. The third-order valence-corrected chi connectivity index (χ3v) is 8.54. The van der Waals surface area contributed by atoms with E-state index in [4.69, 9.17) is 24.1 Å².